The van der Waals surface area contributed by atoms with Crippen molar-refractivity contribution in [1.29, 1.82) is 0 Å². The minimum absolute atomic E-state index is 0.290. The average Bonchev–Trinajstić information content (AvgIpc) is 3.21. The van der Waals surface area contributed by atoms with Gasteiger partial charge in [-0.25, -0.2) is 9.79 Å². The van der Waals surface area contributed by atoms with Gasteiger partial charge < -0.3 is 14.7 Å². The Morgan fingerprint density at radius 2 is 1.71 bits per heavy atom. The van der Waals surface area contributed by atoms with Crippen LogP contribution in [0.5, 0.6) is 0 Å². The number of rotatable bonds is 4. The molecule has 2 fully saturated rings. The lowest BCUT2D eigenvalue weighted by Gasteiger charge is -2.40. The van der Waals surface area contributed by atoms with Crippen LogP contribution >= 0.6 is 11.6 Å². The van der Waals surface area contributed by atoms with E-state index in [1.165, 1.54) is 16.0 Å². The van der Waals surface area contributed by atoms with Crippen LogP contribution in [0.1, 0.15) is 16.7 Å². The van der Waals surface area contributed by atoms with Crippen molar-refractivity contribution in [3.8, 4) is 0 Å². The molecule has 3 aliphatic heterocycles. The van der Waals surface area contributed by atoms with E-state index in [1.807, 2.05) is 24.3 Å². The number of amides is 3. The third-order valence-electron chi connectivity index (χ3n) is 6.92. The highest BCUT2D eigenvalue weighted by molar-refractivity contribution is 6.30. The highest BCUT2D eigenvalue weighted by Crippen LogP contribution is 2.28. The summed E-state index contributed by atoms with van der Waals surface area (Å²) in [5.41, 5.74) is 3.54. The maximum Gasteiger partial charge on any atom is 0.325 e. The van der Waals surface area contributed by atoms with Crippen LogP contribution < -0.4 is 5.32 Å². The zero-order chi connectivity index (χ0) is 23.8. The number of piperazine rings is 1. The fourth-order valence-electron chi connectivity index (χ4n) is 4.87. The molecule has 0 aliphatic carbocycles. The summed E-state index contributed by atoms with van der Waals surface area (Å²) in [6, 6.07) is 15.2. The predicted octanol–water partition coefficient (Wildman–Crippen LogP) is 2.51. The number of hydrogen-bond acceptors (Lipinski definition) is 6. The molecule has 8 nitrogen and oxygen atoms in total. The number of hydrogen-bond donors (Lipinski definition) is 1. The van der Waals surface area contributed by atoms with E-state index >= 15 is 0 Å². The van der Waals surface area contributed by atoms with Crippen LogP contribution in [0.3, 0.4) is 0 Å². The Hall–Kier alpha value is -3.10. The molecule has 3 heterocycles. The summed E-state index contributed by atoms with van der Waals surface area (Å²) in [5.74, 6) is 0.503. The molecule has 2 aromatic carbocycles. The lowest BCUT2D eigenvalue weighted by atomic mass is 10.1. The van der Waals surface area contributed by atoms with Crippen LogP contribution in [0.4, 0.5) is 4.79 Å². The van der Waals surface area contributed by atoms with E-state index in [2.05, 4.69) is 51.2 Å². The number of likely N-dealkylation sites (N-methyl/N-ethyl adjacent to an activating group) is 1. The third kappa shape index (κ3) is 4.35. The minimum atomic E-state index is -0.538. The van der Waals surface area contributed by atoms with Gasteiger partial charge >= 0.3 is 6.03 Å². The predicted molar refractivity (Wildman–Crippen MR) is 131 cm³/mol. The SMILES string of the molecule is Cc1ccccc1CN1C(N2CCN(Cc3ccc(Cl)cc3)CC2)=NC2C1C(=O)NC(=O)N2C. The van der Waals surface area contributed by atoms with E-state index in [0.717, 1.165) is 49.3 Å². The van der Waals surface area contributed by atoms with Crippen LogP contribution in [0.25, 0.3) is 0 Å². The van der Waals surface area contributed by atoms with Gasteiger partial charge in [0.25, 0.3) is 5.91 Å². The van der Waals surface area contributed by atoms with Gasteiger partial charge in [-0.2, -0.15) is 0 Å². The van der Waals surface area contributed by atoms with Gasteiger partial charge in [0.15, 0.2) is 18.2 Å². The Morgan fingerprint density at radius 1 is 1.00 bits per heavy atom. The molecule has 3 amide bonds. The number of aryl methyl sites for hydroxylation is 1. The molecule has 178 valence electrons. The number of nitrogens with one attached hydrogen (secondary N) is 1. The first-order valence-corrected chi connectivity index (χ1v) is 12.0. The van der Waals surface area contributed by atoms with Gasteiger partial charge in [-0.1, -0.05) is 48.0 Å². The molecule has 34 heavy (non-hydrogen) atoms. The first-order chi connectivity index (χ1) is 16.4. The summed E-state index contributed by atoms with van der Waals surface area (Å²) < 4.78 is 0. The largest absolute Gasteiger partial charge is 0.340 e. The van der Waals surface area contributed by atoms with E-state index in [0.29, 0.717) is 6.54 Å². The van der Waals surface area contributed by atoms with Crippen LogP contribution in [0, 0.1) is 6.92 Å². The van der Waals surface area contributed by atoms with E-state index in [1.54, 1.807) is 7.05 Å². The van der Waals surface area contributed by atoms with Gasteiger partial charge in [0.05, 0.1) is 0 Å². The Kier molecular flexibility index (Phi) is 6.18. The second kappa shape index (κ2) is 9.27. The Balaban J connectivity index is 1.35. The number of urea groups is 1. The molecular weight excluding hydrogens is 452 g/mol. The van der Waals surface area contributed by atoms with Crippen molar-refractivity contribution in [2.24, 2.45) is 4.99 Å². The number of carbonyl (C=O) groups excluding carboxylic acids is 2. The van der Waals surface area contributed by atoms with Crippen molar-refractivity contribution in [2.75, 3.05) is 33.2 Å². The molecule has 0 bridgehead atoms. The fraction of sp³-hybridized carbons (Fsp3) is 0.400. The lowest BCUT2D eigenvalue weighted by molar-refractivity contribution is -0.127. The number of fused-ring (bicyclic) bond motifs is 1. The molecule has 2 saturated heterocycles. The van der Waals surface area contributed by atoms with E-state index in [-0.39, 0.29) is 5.91 Å². The zero-order valence-corrected chi connectivity index (χ0v) is 20.2. The Bertz CT molecular complexity index is 1110. The quantitative estimate of drug-likeness (QED) is 0.728. The number of guanidine groups is 1. The van der Waals surface area contributed by atoms with Gasteiger partial charge in [-0.3, -0.25) is 15.0 Å². The van der Waals surface area contributed by atoms with Gasteiger partial charge in [0, 0.05) is 51.3 Å². The van der Waals surface area contributed by atoms with Crippen LogP contribution in [-0.4, -0.2) is 82.9 Å². The maximum absolute atomic E-state index is 12.9. The number of carbonyl (C=O) groups is 2. The number of aliphatic imine (C=N–C) groups is 1. The second-order valence-corrected chi connectivity index (χ2v) is 9.57. The van der Waals surface area contributed by atoms with E-state index < -0.39 is 18.2 Å². The molecule has 2 atom stereocenters. The van der Waals surface area contributed by atoms with Crippen LogP contribution in [0.2, 0.25) is 5.02 Å². The lowest BCUT2D eigenvalue weighted by Crippen LogP contribution is -2.64. The first-order valence-electron chi connectivity index (χ1n) is 11.6. The van der Waals surface area contributed by atoms with E-state index in [4.69, 9.17) is 16.6 Å². The van der Waals surface area contributed by atoms with Gasteiger partial charge in [-0.15, -0.1) is 0 Å². The maximum atomic E-state index is 12.9. The van der Waals surface area contributed by atoms with Crippen LogP contribution in [0.15, 0.2) is 53.5 Å². The highest BCUT2D eigenvalue weighted by Gasteiger charge is 2.49. The third-order valence-corrected chi connectivity index (χ3v) is 7.17. The van der Waals surface area contributed by atoms with Gasteiger partial charge in [0.2, 0.25) is 0 Å². The minimum Gasteiger partial charge on any atom is -0.340 e. The standard InChI is InChI=1S/C25H29ClN6O2/c1-17-5-3-4-6-19(17)16-32-21-22(29(2)25(34)28-23(21)33)27-24(32)31-13-11-30(12-14-31)15-18-7-9-20(26)10-8-18/h3-10,21-22H,11-16H2,1-2H3,(H,28,33,34). The molecule has 0 spiro atoms. The molecule has 2 aromatic rings. The number of halogens is 1. The molecule has 0 saturated carbocycles. The van der Waals surface area contributed by atoms with Gasteiger partial charge in [-0.05, 0) is 35.7 Å². The summed E-state index contributed by atoms with van der Waals surface area (Å²) in [5, 5.41) is 3.24. The summed E-state index contributed by atoms with van der Waals surface area (Å²) in [7, 11) is 1.70. The summed E-state index contributed by atoms with van der Waals surface area (Å²) in [4.78, 5) is 38.4. The smallest absolute Gasteiger partial charge is 0.325 e. The molecule has 0 radical (unpaired) electrons. The van der Waals surface area contributed by atoms with Crippen molar-refractivity contribution in [3.63, 3.8) is 0 Å². The number of benzene rings is 2. The van der Waals surface area contributed by atoms with Crippen molar-refractivity contribution >= 4 is 29.5 Å². The molecule has 0 aromatic heterocycles. The molecule has 3 aliphatic rings. The average molecular weight is 481 g/mol. The number of nitrogens with zero attached hydrogens (tertiary/aromatic N) is 5. The summed E-state index contributed by atoms with van der Waals surface area (Å²) >= 11 is 6.02. The molecule has 5 rings (SSSR count). The van der Waals surface area contributed by atoms with Crippen LogP contribution in [-0.2, 0) is 17.9 Å². The van der Waals surface area contributed by atoms with Crippen molar-refractivity contribution < 1.29 is 9.59 Å². The first kappa shape index (κ1) is 22.7. The normalized spacial score (nSPS) is 23.1. The molecular formula is C25H29ClN6O2. The fourth-order valence-corrected chi connectivity index (χ4v) is 4.99. The number of imide groups is 1. The van der Waals surface area contributed by atoms with Crippen molar-refractivity contribution in [3.05, 3.63) is 70.2 Å². The van der Waals surface area contributed by atoms with Crippen molar-refractivity contribution in [2.45, 2.75) is 32.2 Å². The van der Waals surface area contributed by atoms with Gasteiger partial charge in [0.1, 0.15) is 0 Å². The second-order valence-electron chi connectivity index (χ2n) is 9.14. The molecule has 2 unspecified atom stereocenters. The Labute approximate surface area is 204 Å². The summed E-state index contributed by atoms with van der Waals surface area (Å²) in [6.07, 6.45) is -0.521. The van der Waals surface area contributed by atoms with Crippen molar-refractivity contribution in [1.82, 2.24) is 24.9 Å². The molecule has 9 heteroatoms. The molecule has 1 N–H and O–H groups in total. The topological polar surface area (TPSA) is 71.5 Å². The Morgan fingerprint density at radius 3 is 2.41 bits per heavy atom. The highest BCUT2D eigenvalue weighted by atomic mass is 35.5. The zero-order valence-electron chi connectivity index (χ0n) is 19.4. The monoisotopic (exact) mass is 480 g/mol. The van der Waals surface area contributed by atoms with E-state index in [9.17, 15) is 9.59 Å². The summed E-state index contributed by atoms with van der Waals surface area (Å²) in [6.45, 7) is 6.88.